The Hall–Kier alpha value is -1.22. The summed E-state index contributed by atoms with van der Waals surface area (Å²) in [6.45, 7) is 1.55. The summed E-state index contributed by atoms with van der Waals surface area (Å²) in [6.07, 6.45) is -4.47. The number of aliphatic hydroxyl groups is 5. The lowest BCUT2D eigenvalue weighted by Gasteiger charge is -2.39. The third kappa shape index (κ3) is 4.44. The third-order valence-corrected chi connectivity index (χ3v) is 4.20. The average Bonchev–Trinajstić information content (AvgIpc) is 2.60. The molecule has 7 nitrogen and oxygen atoms in total. The second-order valence-electron chi connectivity index (χ2n) is 6.04. The van der Waals surface area contributed by atoms with E-state index in [4.69, 9.17) is 14.6 Å². The number of benzene rings is 1. The Morgan fingerprint density at radius 2 is 1.75 bits per heavy atom. The maximum atomic E-state index is 10.0. The number of hydrogen-bond donors (Lipinski definition) is 5. The minimum atomic E-state index is -1.48. The Kier molecular flexibility index (Phi) is 6.97. The van der Waals surface area contributed by atoms with Gasteiger partial charge in [-0.15, -0.1) is 0 Å². The number of rotatable bonds is 7. The van der Waals surface area contributed by atoms with Gasteiger partial charge in [-0.3, -0.25) is 0 Å². The molecule has 1 aromatic carbocycles. The average molecular weight is 342 g/mol. The van der Waals surface area contributed by atoms with Crippen LogP contribution in [0.4, 0.5) is 0 Å². The van der Waals surface area contributed by atoms with Crippen LogP contribution in [0.1, 0.15) is 37.9 Å². The van der Waals surface area contributed by atoms with Crippen molar-refractivity contribution in [3.05, 3.63) is 29.8 Å². The van der Waals surface area contributed by atoms with Crippen LogP contribution in [0.2, 0.25) is 0 Å². The summed E-state index contributed by atoms with van der Waals surface area (Å²) in [7, 11) is 0. The van der Waals surface area contributed by atoms with Gasteiger partial charge in [0.1, 0.15) is 30.2 Å². The first-order chi connectivity index (χ1) is 11.5. The summed E-state index contributed by atoms with van der Waals surface area (Å²) in [5.41, 5.74) is 0.768. The number of aliphatic hydroxyl groups excluding tert-OH is 5. The van der Waals surface area contributed by atoms with Crippen LogP contribution in [0.5, 0.6) is 5.75 Å². The first-order valence-corrected chi connectivity index (χ1v) is 8.23. The summed E-state index contributed by atoms with van der Waals surface area (Å²) in [4.78, 5) is 0. The molecule has 0 aromatic heterocycles. The second-order valence-corrected chi connectivity index (χ2v) is 6.04. The Morgan fingerprint density at radius 3 is 2.33 bits per heavy atom. The quantitative estimate of drug-likeness (QED) is 0.476. The van der Waals surface area contributed by atoms with Gasteiger partial charge in [-0.05, 0) is 24.1 Å². The highest BCUT2D eigenvalue weighted by Crippen LogP contribution is 2.26. The fraction of sp³-hybridized carbons (Fsp3) is 0.647. The zero-order valence-corrected chi connectivity index (χ0v) is 13.7. The molecule has 1 aliphatic rings. The molecule has 1 aliphatic heterocycles. The molecule has 1 unspecified atom stereocenters. The zero-order valence-electron chi connectivity index (χ0n) is 13.7. The van der Waals surface area contributed by atoms with Crippen LogP contribution in [0.15, 0.2) is 24.3 Å². The van der Waals surface area contributed by atoms with Gasteiger partial charge >= 0.3 is 0 Å². The van der Waals surface area contributed by atoms with E-state index in [0.29, 0.717) is 12.2 Å². The molecule has 2 rings (SSSR count). The SMILES string of the molecule is CCCCC(O)c1ccc(O[C@@H]2O[C@H](CO)[C@@H](O)[C@@H](O)[C@H]2O)cc1. The van der Waals surface area contributed by atoms with Gasteiger partial charge in [-0.1, -0.05) is 31.9 Å². The van der Waals surface area contributed by atoms with E-state index in [9.17, 15) is 20.4 Å². The van der Waals surface area contributed by atoms with Crippen LogP contribution < -0.4 is 4.74 Å². The molecule has 0 radical (unpaired) electrons. The van der Waals surface area contributed by atoms with Crippen molar-refractivity contribution in [2.45, 2.75) is 63.0 Å². The van der Waals surface area contributed by atoms with Crippen LogP contribution in [0.25, 0.3) is 0 Å². The number of hydrogen-bond acceptors (Lipinski definition) is 7. The molecule has 1 aromatic rings. The molecule has 0 aliphatic carbocycles. The van der Waals surface area contributed by atoms with Gasteiger partial charge in [-0.2, -0.15) is 0 Å². The van der Waals surface area contributed by atoms with E-state index in [1.54, 1.807) is 24.3 Å². The standard InChI is InChI=1S/C17H26O7/c1-2-3-4-12(19)10-5-7-11(8-6-10)23-17-16(22)15(21)14(20)13(9-18)24-17/h5-8,12-22H,2-4,9H2,1H3/t12?,13-,14-,15-,16-,17-/m1/s1. The van der Waals surface area contributed by atoms with Crippen molar-refractivity contribution in [2.75, 3.05) is 6.61 Å². The molecule has 6 atom stereocenters. The van der Waals surface area contributed by atoms with Gasteiger partial charge in [0.25, 0.3) is 0 Å². The normalized spacial score (nSPS) is 31.7. The first-order valence-electron chi connectivity index (χ1n) is 8.23. The lowest BCUT2D eigenvalue weighted by molar-refractivity contribution is -0.277. The van der Waals surface area contributed by atoms with Crippen LogP contribution >= 0.6 is 0 Å². The molecule has 0 amide bonds. The van der Waals surface area contributed by atoms with Gasteiger partial charge in [0.05, 0.1) is 12.7 Å². The third-order valence-electron chi connectivity index (χ3n) is 4.20. The Morgan fingerprint density at radius 1 is 1.08 bits per heavy atom. The molecule has 0 bridgehead atoms. The minimum Gasteiger partial charge on any atom is -0.462 e. The van der Waals surface area contributed by atoms with Gasteiger partial charge in [0.2, 0.25) is 6.29 Å². The van der Waals surface area contributed by atoms with Crippen molar-refractivity contribution in [1.29, 1.82) is 0 Å². The molecule has 7 heteroatoms. The van der Waals surface area contributed by atoms with Crippen molar-refractivity contribution in [3.8, 4) is 5.75 Å². The fourth-order valence-electron chi connectivity index (χ4n) is 2.63. The molecular formula is C17H26O7. The number of ether oxygens (including phenoxy) is 2. The predicted molar refractivity (Wildman–Crippen MR) is 85.3 cm³/mol. The van der Waals surface area contributed by atoms with Crippen molar-refractivity contribution in [3.63, 3.8) is 0 Å². The largest absolute Gasteiger partial charge is 0.462 e. The highest BCUT2D eigenvalue weighted by atomic mass is 16.7. The smallest absolute Gasteiger partial charge is 0.229 e. The molecular weight excluding hydrogens is 316 g/mol. The van der Waals surface area contributed by atoms with Crippen LogP contribution in [-0.4, -0.2) is 62.8 Å². The van der Waals surface area contributed by atoms with E-state index in [2.05, 4.69) is 6.92 Å². The van der Waals surface area contributed by atoms with Gasteiger partial charge in [-0.25, -0.2) is 0 Å². The van der Waals surface area contributed by atoms with Crippen molar-refractivity contribution in [2.24, 2.45) is 0 Å². The lowest BCUT2D eigenvalue weighted by Crippen LogP contribution is -2.60. The Bertz CT molecular complexity index is 490. The summed E-state index contributed by atoms with van der Waals surface area (Å²) in [5, 5.41) is 48.6. The fourth-order valence-corrected chi connectivity index (χ4v) is 2.63. The van der Waals surface area contributed by atoms with Crippen LogP contribution in [0, 0.1) is 0 Å². The highest BCUT2D eigenvalue weighted by molar-refractivity contribution is 5.28. The molecule has 24 heavy (non-hydrogen) atoms. The van der Waals surface area contributed by atoms with Gasteiger partial charge in [0, 0.05) is 0 Å². The van der Waals surface area contributed by atoms with Crippen molar-refractivity contribution < 1.29 is 35.0 Å². The molecule has 5 N–H and O–H groups in total. The van der Waals surface area contributed by atoms with E-state index >= 15 is 0 Å². The Balaban J connectivity index is 2.00. The molecule has 1 saturated heterocycles. The summed E-state index contributed by atoms with van der Waals surface area (Å²) in [6, 6.07) is 6.71. The van der Waals surface area contributed by atoms with E-state index < -0.39 is 43.4 Å². The van der Waals surface area contributed by atoms with Gasteiger partial charge < -0.3 is 35.0 Å². The van der Waals surface area contributed by atoms with Gasteiger partial charge in [0.15, 0.2) is 0 Å². The van der Waals surface area contributed by atoms with Crippen molar-refractivity contribution >= 4 is 0 Å². The number of unbranched alkanes of at least 4 members (excludes halogenated alkanes) is 1. The zero-order chi connectivity index (χ0) is 17.7. The minimum absolute atomic E-state index is 0.380. The maximum absolute atomic E-state index is 10.0. The van der Waals surface area contributed by atoms with Crippen LogP contribution in [0.3, 0.4) is 0 Å². The molecule has 136 valence electrons. The molecule has 0 spiro atoms. The lowest BCUT2D eigenvalue weighted by atomic mass is 9.99. The van der Waals surface area contributed by atoms with Crippen molar-refractivity contribution in [1.82, 2.24) is 0 Å². The Labute approximate surface area is 141 Å². The summed E-state index contributed by atoms with van der Waals surface area (Å²) < 4.78 is 10.8. The first kappa shape index (κ1) is 19.1. The van der Waals surface area contributed by atoms with E-state index in [-0.39, 0.29) is 0 Å². The van der Waals surface area contributed by atoms with Crippen LogP contribution in [-0.2, 0) is 4.74 Å². The molecule has 1 fully saturated rings. The topological polar surface area (TPSA) is 120 Å². The summed E-state index contributed by atoms with van der Waals surface area (Å²) >= 11 is 0. The second kappa shape index (κ2) is 8.75. The highest BCUT2D eigenvalue weighted by Gasteiger charge is 2.44. The summed E-state index contributed by atoms with van der Waals surface area (Å²) in [5.74, 6) is 0.380. The van der Waals surface area contributed by atoms with E-state index in [1.165, 1.54) is 0 Å². The molecule has 1 heterocycles. The van der Waals surface area contributed by atoms with E-state index in [1.807, 2.05) is 0 Å². The van der Waals surface area contributed by atoms with E-state index in [0.717, 1.165) is 18.4 Å². The molecule has 0 saturated carbocycles. The maximum Gasteiger partial charge on any atom is 0.229 e. The monoisotopic (exact) mass is 342 g/mol. The predicted octanol–water partition coefficient (Wildman–Crippen LogP) is 0.0889.